The van der Waals surface area contributed by atoms with E-state index in [0.717, 1.165) is 28.3 Å². The molecule has 9 nitrogen and oxygen atoms in total. The Morgan fingerprint density at radius 1 is 0.971 bits per heavy atom. The van der Waals surface area contributed by atoms with Gasteiger partial charge < -0.3 is 10.1 Å². The molecular formula is C23H24FN3O6S2. The van der Waals surface area contributed by atoms with Crippen LogP contribution in [0.5, 0.6) is 5.75 Å². The first-order valence-corrected chi connectivity index (χ1v) is 13.5. The minimum atomic E-state index is -3.95. The molecule has 0 heterocycles. The van der Waals surface area contributed by atoms with Crippen molar-refractivity contribution in [3.05, 3.63) is 78.1 Å². The molecule has 0 aliphatic carbocycles. The van der Waals surface area contributed by atoms with Gasteiger partial charge in [0.05, 0.1) is 29.6 Å². The molecule has 12 heteroatoms. The van der Waals surface area contributed by atoms with Gasteiger partial charge in [0.1, 0.15) is 18.1 Å². The largest absolute Gasteiger partial charge is 0.495 e. The zero-order chi connectivity index (χ0) is 25.8. The van der Waals surface area contributed by atoms with Crippen LogP contribution in [0.1, 0.15) is 5.56 Å². The standard InChI is InChI=1S/C23H24FN3O6S2/c1-16-4-13-22(33-2)21(14-16)26-35(31,32)20-11-7-18(8-12-20)25-23(28)15-27(34(3,29)30)19-9-5-17(24)6-10-19/h4-14,26H,15H2,1-3H3,(H,25,28). The molecule has 0 radical (unpaired) electrons. The highest BCUT2D eigenvalue weighted by molar-refractivity contribution is 7.92. The van der Waals surface area contributed by atoms with Gasteiger partial charge in [-0.2, -0.15) is 0 Å². The molecule has 0 unspecified atom stereocenters. The number of carbonyl (C=O) groups is 1. The van der Waals surface area contributed by atoms with E-state index in [1.165, 1.54) is 43.5 Å². The number of halogens is 1. The Morgan fingerprint density at radius 3 is 2.17 bits per heavy atom. The van der Waals surface area contributed by atoms with Gasteiger partial charge in [0.15, 0.2) is 0 Å². The fraction of sp³-hybridized carbons (Fsp3) is 0.174. The Hall–Kier alpha value is -3.64. The molecular weight excluding hydrogens is 497 g/mol. The minimum absolute atomic E-state index is 0.0527. The van der Waals surface area contributed by atoms with Crippen molar-refractivity contribution in [3.63, 3.8) is 0 Å². The van der Waals surface area contributed by atoms with Crippen molar-refractivity contribution >= 4 is 43.0 Å². The summed E-state index contributed by atoms with van der Waals surface area (Å²) < 4.78 is 71.6. The Kier molecular flexibility index (Phi) is 7.66. The maximum Gasteiger partial charge on any atom is 0.262 e. The van der Waals surface area contributed by atoms with Gasteiger partial charge in [0.2, 0.25) is 15.9 Å². The van der Waals surface area contributed by atoms with E-state index in [1.807, 2.05) is 6.92 Å². The summed E-state index contributed by atoms with van der Waals surface area (Å²) in [6, 6.07) is 15.1. The van der Waals surface area contributed by atoms with Crippen molar-refractivity contribution in [2.24, 2.45) is 0 Å². The first-order valence-electron chi connectivity index (χ1n) is 10.2. The number of nitrogens with one attached hydrogen (secondary N) is 2. The highest BCUT2D eigenvalue weighted by Crippen LogP contribution is 2.28. The number of methoxy groups -OCH3 is 1. The predicted molar refractivity (Wildman–Crippen MR) is 132 cm³/mol. The van der Waals surface area contributed by atoms with Crippen molar-refractivity contribution in [3.8, 4) is 5.75 Å². The zero-order valence-electron chi connectivity index (χ0n) is 19.1. The van der Waals surface area contributed by atoms with Crippen LogP contribution in [0.2, 0.25) is 0 Å². The van der Waals surface area contributed by atoms with Gasteiger partial charge in [-0.25, -0.2) is 21.2 Å². The van der Waals surface area contributed by atoms with Crippen LogP contribution in [0.4, 0.5) is 21.5 Å². The lowest BCUT2D eigenvalue weighted by Gasteiger charge is -2.21. The Bertz CT molecular complexity index is 1430. The lowest BCUT2D eigenvalue weighted by Crippen LogP contribution is -2.37. The summed E-state index contributed by atoms with van der Waals surface area (Å²) >= 11 is 0. The normalized spacial score (nSPS) is 11.5. The highest BCUT2D eigenvalue weighted by Gasteiger charge is 2.21. The smallest absolute Gasteiger partial charge is 0.262 e. The number of nitrogens with zero attached hydrogens (tertiary/aromatic N) is 1. The van der Waals surface area contributed by atoms with Gasteiger partial charge in [-0.1, -0.05) is 6.07 Å². The second-order valence-electron chi connectivity index (χ2n) is 7.63. The number of aryl methyl sites for hydroxylation is 1. The molecule has 0 saturated heterocycles. The molecule has 0 bridgehead atoms. The Balaban J connectivity index is 1.73. The molecule has 0 atom stereocenters. The van der Waals surface area contributed by atoms with Crippen molar-refractivity contribution in [2.75, 3.05) is 34.3 Å². The van der Waals surface area contributed by atoms with Crippen LogP contribution in [-0.4, -0.2) is 42.7 Å². The van der Waals surface area contributed by atoms with E-state index in [1.54, 1.807) is 18.2 Å². The van der Waals surface area contributed by atoms with Gasteiger partial charge in [-0.3, -0.25) is 13.8 Å². The van der Waals surface area contributed by atoms with Crippen LogP contribution < -0.4 is 19.1 Å². The van der Waals surface area contributed by atoms with Crippen LogP contribution in [0.15, 0.2) is 71.6 Å². The number of hydrogen-bond acceptors (Lipinski definition) is 6. The fourth-order valence-corrected chi connectivity index (χ4v) is 5.08. The maximum absolute atomic E-state index is 13.2. The van der Waals surface area contributed by atoms with Gasteiger partial charge in [-0.15, -0.1) is 0 Å². The van der Waals surface area contributed by atoms with Gasteiger partial charge >= 0.3 is 0 Å². The number of carbonyl (C=O) groups excluding carboxylic acids is 1. The van der Waals surface area contributed by atoms with Crippen LogP contribution in [0.3, 0.4) is 0 Å². The first-order chi connectivity index (χ1) is 16.4. The van der Waals surface area contributed by atoms with Crippen molar-refractivity contribution in [2.45, 2.75) is 11.8 Å². The van der Waals surface area contributed by atoms with E-state index in [2.05, 4.69) is 10.0 Å². The third-order valence-corrected chi connectivity index (χ3v) is 7.37. The monoisotopic (exact) mass is 521 g/mol. The molecule has 0 fully saturated rings. The molecule has 0 aliphatic rings. The second kappa shape index (κ2) is 10.3. The summed E-state index contributed by atoms with van der Waals surface area (Å²) in [6.07, 6.45) is 0.930. The number of anilines is 3. The molecule has 3 rings (SSSR count). The topological polar surface area (TPSA) is 122 Å². The van der Waals surface area contributed by atoms with Crippen LogP contribution in [0.25, 0.3) is 0 Å². The van der Waals surface area contributed by atoms with E-state index in [-0.39, 0.29) is 22.0 Å². The van der Waals surface area contributed by atoms with E-state index in [0.29, 0.717) is 5.75 Å². The fourth-order valence-electron chi connectivity index (χ4n) is 3.16. The first kappa shape index (κ1) is 26.0. The Labute approximate surface area is 203 Å². The number of benzene rings is 3. The third-order valence-electron chi connectivity index (χ3n) is 4.85. The molecule has 0 aromatic heterocycles. The van der Waals surface area contributed by atoms with E-state index in [4.69, 9.17) is 4.74 Å². The summed E-state index contributed by atoms with van der Waals surface area (Å²) in [5, 5.41) is 2.53. The second-order valence-corrected chi connectivity index (χ2v) is 11.2. The SMILES string of the molecule is COc1ccc(C)cc1NS(=O)(=O)c1ccc(NC(=O)CN(c2ccc(F)cc2)S(C)(=O)=O)cc1. The molecule has 2 N–H and O–H groups in total. The Morgan fingerprint density at radius 2 is 1.60 bits per heavy atom. The van der Waals surface area contributed by atoms with Crippen molar-refractivity contribution in [1.29, 1.82) is 0 Å². The molecule has 0 aliphatic heterocycles. The summed E-state index contributed by atoms with van der Waals surface area (Å²) in [4.78, 5) is 12.4. The van der Waals surface area contributed by atoms with Crippen LogP contribution in [0, 0.1) is 12.7 Å². The number of sulfonamides is 2. The number of hydrogen-bond donors (Lipinski definition) is 2. The van der Waals surface area contributed by atoms with Crippen molar-refractivity contribution in [1.82, 2.24) is 0 Å². The third kappa shape index (κ3) is 6.70. The molecule has 3 aromatic rings. The average Bonchev–Trinajstić information content (AvgIpc) is 2.78. The predicted octanol–water partition coefficient (Wildman–Crippen LogP) is 3.35. The number of rotatable bonds is 9. The molecule has 1 amide bonds. The van der Waals surface area contributed by atoms with Gasteiger partial charge in [0.25, 0.3) is 10.0 Å². The number of ether oxygens (including phenoxy) is 1. The summed E-state index contributed by atoms with van der Waals surface area (Å²) in [5.74, 6) is -0.852. The molecule has 0 spiro atoms. The van der Waals surface area contributed by atoms with Gasteiger partial charge in [0, 0.05) is 5.69 Å². The van der Waals surface area contributed by atoms with Gasteiger partial charge in [-0.05, 0) is 73.2 Å². The van der Waals surface area contributed by atoms with Crippen molar-refractivity contribution < 1.29 is 30.8 Å². The highest BCUT2D eigenvalue weighted by atomic mass is 32.2. The summed E-state index contributed by atoms with van der Waals surface area (Å²) in [5.41, 5.74) is 1.51. The molecule has 0 saturated carbocycles. The quantitative estimate of drug-likeness (QED) is 0.445. The van der Waals surface area contributed by atoms with Crippen LogP contribution in [-0.2, 0) is 24.8 Å². The molecule has 186 valence electrons. The average molecular weight is 522 g/mol. The lowest BCUT2D eigenvalue weighted by molar-refractivity contribution is -0.114. The minimum Gasteiger partial charge on any atom is -0.495 e. The van der Waals surface area contributed by atoms with Crippen LogP contribution >= 0.6 is 0 Å². The molecule has 3 aromatic carbocycles. The van der Waals surface area contributed by atoms with E-state index in [9.17, 15) is 26.0 Å². The maximum atomic E-state index is 13.2. The number of amides is 1. The zero-order valence-corrected chi connectivity index (χ0v) is 20.8. The van der Waals surface area contributed by atoms with E-state index >= 15 is 0 Å². The summed E-state index contributed by atoms with van der Waals surface area (Å²) in [6.45, 7) is 1.26. The summed E-state index contributed by atoms with van der Waals surface area (Å²) in [7, 11) is -6.35. The van der Waals surface area contributed by atoms with E-state index < -0.39 is 38.3 Å². The lowest BCUT2D eigenvalue weighted by atomic mass is 10.2. The molecule has 35 heavy (non-hydrogen) atoms.